The monoisotopic (exact) mass is 244 g/mol. The van der Waals surface area contributed by atoms with Crippen LogP contribution in [0.1, 0.15) is 40.0 Å². The molecule has 1 fully saturated rings. The van der Waals surface area contributed by atoms with Crippen LogP contribution in [0.15, 0.2) is 0 Å². The van der Waals surface area contributed by atoms with Crippen molar-refractivity contribution in [3.63, 3.8) is 0 Å². The molecule has 1 heterocycles. The second-order valence-corrected chi connectivity index (χ2v) is 7.51. The van der Waals surface area contributed by atoms with Gasteiger partial charge in [-0.1, -0.05) is 6.92 Å². The molecule has 0 aromatic carbocycles. The second-order valence-electron chi connectivity index (χ2n) is 5.71. The van der Waals surface area contributed by atoms with Gasteiger partial charge in [0.15, 0.2) is 0 Å². The highest BCUT2D eigenvalue weighted by atomic mass is 32.2. The Labute approximate surface area is 105 Å². The Morgan fingerprint density at radius 3 is 2.75 bits per heavy atom. The zero-order chi connectivity index (χ0) is 12.0. The van der Waals surface area contributed by atoms with E-state index in [0.29, 0.717) is 4.75 Å². The molecule has 0 amide bonds. The Kier molecular flexibility index (Phi) is 6.16. The normalized spacial score (nSPS) is 23.2. The number of hydrogen-bond acceptors (Lipinski definition) is 3. The van der Waals surface area contributed by atoms with E-state index in [1.54, 1.807) is 0 Å². The predicted molar refractivity (Wildman–Crippen MR) is 75.0 cm³/mol. The first-order valence-corrected chi connectivity index (χ1v) is 7.58. The zero-order valence-corrected chi connectivity index (χ0v) is 12.0. The maximum atomic E-state index is 5.57. The Bertz CT molecular complexity index is 194. The van der Waals surface area contributed by atoms with Gasteiger partial charge in [0.1, 0.15) is 0 Å². The van der Waals surface area contributed by atoms with Crippen LogP contribution in [0.4, 0.5) is 0 Å². The minimum Gasteiger partial charge on any atom is -0.330 e. The van der Waals surface area contributed by atoms with E-state index in [-0.39, 0.29) is 0 Å². The van der Waals surface area contributed by atoms with Gasteiger partial charge in [-0.3, -0.25) is 0 Å². The molecule has 1 aliphatic heterocycles. The van der Waals surface area contributed by atoms with Crippen molar-refractivity contribution in [3.8, 4) is 0 Å². The summed E-state index contributed by atoms with van der Waals surface area (Å²) in [7, 11) is 0. The lowest BCUT2D eigenvalue weighted by atomic mass is 10.0. The summed E-state index contributed by atoms with van der Waals surface area (Å²) in [6, 6.07) is 0. The summed E-state index contributed by atoms with van der Waals surface area (Å²) in [5.41, 5.74) is 5.57. The van der Waals surface area contributed by atoms with Crippen LogP contribution < -0.4 is 5.73 Å². The van der Waals surface area contributed by atoms with E-state index < -0.39 is 0 Å². The third kappa shape index (κ3) is 5.55. The minimum atomic E-state index is 0.459. The van der Waals surface area contributed by atoms with Gasteiger partial charge in [0, 0.05) is 23.6 Å². The summed E-state index contributed by atoms with van der Waals surface area (Å²) in [5.74, 6) is 2.10. The van der Waals surface area contributed by atoms with E-state index in [2.05, 4.69) is 37.4 Å². The fourth-order valence-electron chi connectivity index (χ4n) is 2.40. The summed E-state index contributed by atoms with van der Waals surface area (Å²) < 4.78 is 0.459. The summed E-state index contributed by atoms with van der Waals surface area (Å²) >= 11 is 2.11. The molecule has 0 saturated carbocycles. The Morgan fingerprint density at radius 2 is 2.12 bits per heavy atom. The molecule has 0 aromatic heterocycles. The average molecular weight is 244 g/mol. The van der Waals surface area contributed by atoms with Gasteiger partial charge < -0.3 is 10.6 Å². The minimum absolute atomic E-state index is 0.459. The largest absolute Gasteiger partial charge is 0.330 e. The highest BCUT2D eigenvalue weighted by molar-refractivity contribution is 8.00. The van der Waals surface area contributed by atoms with E-state index in [1.165, 1.54) is 44.6 Å². The SMILES string of the molecule is CC(CCN)CCCN1CCSC(C)(C)C1. The molecule has 0 radical (unpaired) electrons. The van der Waals surface area contributed by atoms with Gasteiger partial charge in [-0.15, -0.1) is 0 Å². The van der Waals surface area contributed by atoms with Crippen molar-refractivity contribution in [2.75, 3.05) is 31.9 Å². The average Bonchev–Trinajstić information content (AvgIpc) is 2.16. The summed E-state index contributed by atoms with van der Waals surface area (Å²) in [4.78, 5) is 2.63. The Balaban J connectivity index is 2.13. The van der Waals surface area contributed by atoms with Crippen LogP contribution in [0.5, 0.6) is 0 Å². The quantitative estimate of drug-likeness (QED) is 0.779. The second kappa shape index (κ2) is 6.87. The van der Waals surface area contributed by atoms with E-state index in [4.69, 9.17) is 5.73 Å². The molecule has 0 bridgehead atoms. The van der Waals surface area contributed by atoms with E-state index in [0.717, 1.165) is 12.5 Å². The highest BCUT2D eigenvalue weighted by Gasteiger charge is 2.26. The van der Waals surface area contributed by atoms with Crippen molar-refractivity contribution in [2.24, 2.45) is 11.7 Å². The molecule has 2 nitrogen and oxygen atoms in total. The summed E-state index contributed by atoms with van der Waals surface area (Å²) in [6.45, 7) is 11.7. The Morgan fingerprint density at radius 1 is 1.38 bits per heavy atom. The molecule has 3 heteroatoms. The molecule has 0 aromatic rings. The van der Waals surface area contributed by atoms with Gasteiger partial charge in [0.05, 0.1) is 0 Å². The van der Waals surface area contributed by atoms with E-state index in [9.17, 15) is 0 Å². The lowest BCUT2D eigenvalue weighted by Crippen LogP contribution is -2.43. The van der Waals surface area contributed by atoms with E-state index >= 15 is 0 Å². The van der Waals surface area contributed by atoms with Crippen LogP contribution in [0, 0.1) is 5.92 Å². The topological polar surface area (TPSA) is 29.3 Å². The molecule has 16 heavy (non-hydrogen) atoms. The molecule has 1 unspecified atom stereocenters. The van der Waals surface area contributed by atoms with Crippen molar-refractivity contribution >= 4 is 11.8 Å². The lowest BCUT2D eigenvalue weighted by molar-refractivity contribution is 0.249. The van der Waals surface area contributed by atoms with Crippen LogP contribution >= 0.6 is 11.8 Å². The maximum absolute atomic E-state index is 5.57. The van der Waals surface area contributed by atoms with Crippen LogP contribution in [0.2, 0.25) is 0 Å². The first-order chi connectivity index (χ1) is 7.53. The maximum Gasteiger partial charge on any atom is 0.0231 e. The third-order valence-corrected chi connectivity index (χ3v) is 4.63. The van der Waals surface area contributed by atoms with E-state index in [1.807, 2.05) is 0 Å². The number of hydrogen-bond donors (Lipinski definition) is 1. The van der Waals surface area contributed by atoms with Crippen molar-refractivity contribution in [3.05, 3.63) is 0 Å². The molecule has 1 rings (SSSR count). The van der Waals surface area contributed by atoms with Crippen LogP contribution in [0.3, 0.4) is 0 Å². The highest BCUT2D eigenvalue weighted by Crippen LogP contribution is 2.29. The number of rotatable bonds is 6. The molecule has 96 valence electrons. The van der Waals surface area contributed by atoms with Crippen LogP contribution in [0.25, 0.3) is 0 Å². The first kappa shape index (κ1) is 14.3. The van der Waals surface area contributed by atoms with Crippen molar-refractivity contribution < 1.29 is 0 Å². The number of nitrogens with zero attached hydrogens (tertiary/aromatic N) is 1. The molecule has 1 aliphatic rings. The molecule has 2 N–H and O–H groups in total. The molecule has 0 spiro atoms. The van der Waals surface area contributed by atoms with Crippen molar-refractivity contribution in [2.45, 2.75) is 44.8 Å². The third-order valence-electron chi connectivity index (χ3n) is 3.34. The van der Waals surface area contributed by atoms with Gasteiger partial charge in [-0.2, -0.15) is 11.8 Å². The fraction of sp³-hybridized carbons (Fsp3) is 1.00. The van der Waals surface area contributed by atoms with Gasteiger partial charge in [-0.05, 0) is 52.1 Å². The lowest BCUT2D eigenvalue weighted by Gasteiger charge is -2.37. The Hall–Kier alpha value is 0.270. The van der Waals surface area contributed by atoms with Gasteiger partial charge >= 0.3 is 0 Å². The van der Waals surface area contributed by atoms with Gasteiger partial charge in [0.25, 0.3) is 0 Å². The molecule has 0 aliphatic carbocycles. The summed E-state index contributed by atoms with van der Waals surface area (Å²) in [5, 5.41) is 0. The fourth-order valence-corrected chi connectivity index (χ4v) is 3.57. The molecule has 1 atom stereocenters. The number of nitrogens with two attached hydrogens (primary N) is 1. The number of thioether (sulfide) groups is 1. The van der Waals surface area contributed by atoms with Gasteiger partial charge in [-0.25, -0.2) is 0 Å². The van der Waals surface area contributed by atoms with Crippen molar-refractivity contribution in [1.82, 2.24) is 4.90 Å². The molecule has 1 saturated heterocycles. The summed E-state index contributed by atoms with van der Waals surface area (Å²) in [6.07, 6.45) is 3.85. The zero-order valence-electron chi connectivity index (χ0n) is 11.2. The van der Waals surface area contributed by atoms with Crippen molar-refractivity contribution in [1.29, 1.82) is 0 Å². The molecular formula is C13H28N2S. The van der Waals surface area contributed by atoms with Crippen LogP contribution in [-0.2, 0) is 0 Å². The molecular weight excluding hydrogens is 216 g/mol. The van der Waals surface area contributed by atoms with Gasteiger partial charge in [0.2, 0.25) is 0 Å². The predicted octanol–water partition coefficient (Wildman–Crippen LogP) is 2.58. The standard InChI is InChI=1S/C13H28N2S/c1-12(6-7-14)5-4-8-15-9-10-16-13(2,3)11-15/h12H,4-11,14H2,1-3H3. The smallest absolute Gasteiger partial charge is 0.0231 e. The first-order valence-electron chi connectivity index (χ1n) is 6.60. The van der Waals surface area contributed by atoms with Crippen LogP contribution in [-0.4, -0.2) is 41.6 Å².